The summed E-state index contributed by atoms with van der Waals surface area (Å²) in [5, 5.41) is 4.29. The van der Waals surface area contributed by atoms with Crippen LogP contribution in [-0.2, 0) is 11.2 Å². The first-order valence-electron chi connectivity index (χ1n) is 10.3. The quantitative estimate of drug-likeness (QED) is 0.639. The summed E-state index contributed by atoms with van der Waals surface area (Å²) in [4.78, 5) is 29.2. The first-order chi connectivity index (χ1) is 15.0. The van der Waals surface area contributed by atoms with Crippen molar-refractivity contribution in [3.63, 3.8) is 0 Å². The van der Waals surface area contributed by atoms with Crippen LogP contribution in [0.5, 0.6) is 5.75 Å². The molecule has 2 amide bonds. The predicted octanol–water partition coefficient (Wildman–Crippen LogP) is 2.72. The van der Waals surface area contributed by atoms with Gasteiger partial charge in [-0.05, 0) is 54.4 Å². The van der Waals surface area contributed by atoms with E-state index in [4.69, 9.17) is 4.74 Å². The molecule has 7 nitrogen and oxygen atoms in total. The highest BCUT2D eigenvalue weighted by molar-refractivity contribution is 5.94. The fraction of sp³-hybridized carbons (Fsp3) is 0.292. The molecule has 1 aromatic heterocycles. The normalized spacial score (nSPS) is 13.9. The number of nitrogens with zero attached hydrogens (tertiary/aromatic N) is 4. The van der Waals surface area contributed by atoms with Crippen LogP contribution in [0.1, 0.15) is 21.5 Å². The summed E-state index contributed by atoms with van der Waals surface area (Å²) in [5.74, 6) is 0.803. The highest BCUT2D eigenvalue weighted by atomic mass is 16.5. The first-order valence-corrected chi connectivity index (χ1v) is 10.3. The van der Waals surface area contributed by atoms with Gasteiger partial charge in [0.05, 0.1) is 25.4 Å². The van der Waals surface area contributed by atoms with Gasteiger partial charge < -0.3 is 14.5 Å². The number of amides is 2. The fourth-order valence-electron chi connectivity index (χ4n) is 3.72. The molecule has 1 saturated heterocycles. The van der Waals surface area contributed by atoms with Gasteiger partial charge in [0.15, 0.2) is 0 Å². The topological polar surface area (TPSA) is 67.7 Å². The largest absolute Gasteiger partial charge is 0.497 e. The summed E-state index contributed by atoms with van der Waals surface area (Å²) in [5.41, 5.74) is 3.57. The molecule has 2 aromatic carbocycles. The Morgan fingerprint density at radius 3 is 2.35 bits per heavy atom. The second-order valence-corrected chi connectivity index (χ2v) is 7.71. The first kappa shape index (κ1) is 20.7. The molecule has 160 valence electrons. The molecule has 31 heavy (non-hydrogen) atoms. The lowest BCUT2D eigenvalue weighted by Gasteiger charge is -2.35. The molecule has 0 saturated carbocycles. The second kappa shape index (κ2) is 9.04. The summed E-state index contributed by atoms with van der Waals surface area (Å²) >= 11 is 0. The van der Waals surface area contributed by atoms with Gasteiger partial charge >= 0.3 is 0 Å². The van der Waals surface area contributed by atoms with Gasteiger partial charge in [0, 0.05) is 37.9 Å². The molecule has 0 unspecified atom stereocenters. The van der Waals surface area contributed by atoms with Gasteiger partial charge in [-0.1, -0.05) is 12.1 Å². The number of methoxy groups -OCH3 is 1. The molecule has 0 bridgehead atoms. The minimum atomic E-state index is -0.0110. The van der Waals surface area contributed by atoms with Crippen LogP contribution in [0.4, 0.5) is 0 Å². The molecule has 0 N–H and O–H groups in total. The maximum Gasteiger partial charge on any atom is 0.253 e. The van der Waals surface area contributed by atoms with Gasteiger partial charge in [0.2, 0.25) is 5.91 Å². The predicted molar refractivity (Wildman–Crippen MR) is 117 cm³/mol. The van der Waals surface area contributed by atoms with E-state index in [0.29, 0.717) is 38.2 Å². The van der Waals surface area contributed by atoms with E-state index in [9.17, 15) is 9.59 Å². The standard InChI is InChI=1S/C24H26N4O3/c1-18-16-25-28(17-18)21-8-6-20(7-9-21)24(30)27-12-10-26(11-13-27)23(29)15-19-4-3-5-22(14-19)31-2/h3-9,14,16-17H,10-13,15H2,1-2H3. The van der Waals surface area contributed by atoms with E-state index in [1.165, 1.54) is 0 Å². The van der Waals surface area contributed by atoms with Crippen LogP contribution in [0.3, 0.4) is 0 Å². The van der Waals surface area contributed by atoms with Gasteiger partial charge in [-0.25, -0.2) is 4.68 Å². The van der Waals surface area contributed by atoms with Crippen LogP contribution in [0.25, 0.3) is 5.69 Å². The molecular formula is C24H26N4O3. The van der Waals surface area contributed by atoms with Crippen LogP contribution in [0.15, 0.2) is 60.9 Å². The molecule has 2 heterocycles. The minimum Gasteiger partial charge on any atom is -0.497 e. The molecule has 0 radical (unpaired) electrons. The van der Waals surface area contributed by atoms with Crippen molar-refractivity contribution in [3.05, 3.63) is 77.6 Å². The van der Waals surface area contributed by atoms with Crippen molar-refractivity contribution in [1.82, 2.24) is 19.6 Å². The van der Waals surface area contributed by atoms with Gasteiger partial charge in [-0.3, -0.25) is 9.59 Å². The molecular weight excluding hydrogens is 392 g/mol. The maximum atomic E-state index is 12.9. The Kier molecular flexibility index (Phi) is 6.02. The fourth-order valence-corrected chi connectivity index (χ4v) is 3.72. The lowest BCUT2D eigenvalue weighted by Crippen LogP contribution is -2.51. The number of aromatic nitrogens is 2. The van der Waals surface area contributed by atoms with E-state index in [1.54, 1.807) is 18.0 Å². The Balaban J connectivity index is 1.32. The minimum absolute atomic E-state index is 0.0110. The van der Waals surface area contributed by atoms with Crippen molar-refractivity contribution < 1.29 is 14.3 Å². The molecule has 1 aliphatic rings. The van der Waals surface area contributed by atoms with Crippen molar-refractivity contribution in [2.45, 2.75) is 13.3 Å². The van der Waals surface area contributed by atoms with Crippen molar-refractivity contribution in [3.8, 4) is 11.4 Å². The number of carbonyl (C=O) groups is 2. The molecule has 1 fully saturated rings. The van der Waals surface area contributed by atoms with Crippen LogP contribution in [0, 0.1) is 6.92 Å². The highest BCUT2D eigenvalue weighted by Gasteiger charge is 2.25. The summed E-state index contributed by atoms with van der Waals surface area (Å²) in [6.45, 7) is 4.13. The Bertz CT molecular complexity index is 1070. The van der Waals surface area contributed by atoms with Crippen molar-refractivity contribution in [2.24, 2.45) is 0 Å². The molecule has 3 aromatic rings. The summed E-state index contributed by atoms with van der Waals surface area (Å²) in [6, 6.07) is 15.0. The lowest BCUT2D eigenvalue weighted by molar-refractivity contribution is -0.131. The lowest BCUT2D eigenvalue weighted by atomic mass is 10.1. The number of benzene rings is 2. The summed E-state index contributed by atoms with van der Waals surface area (Å²) in [7, 11) is 1.61. The maximum absolute atomic E-state index is 12.9. The van der Waals surface area contributed by atoms with Crippen molar-refractivity contribution in [2.75, 3.05) is 33.3 Å². The molecule has 1 aliphatic heterocycles. The molecule has 4 rings (SSSR count). The van der Waals surface area contributed by atoms with E-state index in [2.05, 4.69) is 5.10 Å². The average Bonchev–Trinajstić information content (AvgIpc) is 3.25. The second-order valence-electron chi connectivity index (χ2n) is 7.71. The van der Waals surface area contributed by atoms with E-state index < -0.39 is 0 Å². The van der Waals surface area contributed by atoms with E-state index in [-0.39, 0.29) is 11.8 Å². The third kappa shape index (κ3) is 4.77. The zero-order valence-electron chi connectivity index (χ0n) is 17.8. The van der Waals surface area contributed by atoms with Gasteiger partial charge in [0.25, 0.3) is 5.91 Å². The summed E-state index contributed by atoms with van der Waals surface area (Å²) in [6.07, 6.45) is 4.08. The van der Waals surface area contributed by atoms with E-state index in [1.807, 2.05) is 71.5 Å². The highest BCUT2D eigenvalue weighted by Crippen LogP contribution is 2.16. The molecule has 0 spiro atoms. The number of ether oxygens (including phenoxy) is 1. The summed E-state index contributed by atoms with van der Waals surface area (Å²) < 4.78 is 7.01. The third-order valence-corrected chi connectivity index (χ3v) is 5.50. The Labute approximate surface area is 181 Å². The Hall–Kier alpha value is -3.61. The third-order valence-electron chi connectivity index (χ3n) is 5.50. The van der Waals surface area contributed by atoms with Crippen LogP contribution >= 0.6 is 0 Å². The van der Waals surface area contributed by atoms with Crippen LogP contribution < -0.4 is 4.74 Å². The number of rotatable bonds is 5. The smallest absolute Gasteiger partial charge is 0.253 e. The van der Waals surface area contributed by atoms with Gasteiger partial charge in [0.1, 0.15) is 5.75 Å². The Morgan fingerprint density at radius 1 is 1.00 bits per heavy atom. The van der Waals surface area contributed by atoms with Crippen LogP contribution in [-0.4, -0.2) is 64.7 Å². The number of piperazine rings is 1. The number of aryl methyl sites for hydroxylation is 1. The van der Waals surface area contributed by atoms with E-state index in [0.717, 1.165) is 22.6 Å². The molecule has 0 atom stereocenters. The van der Waals surface area contributed by atoms with Crippen molar-refractivity contribution in [1.29, 1.82) is 0 Å². The zero-order valence-corrected chi connectivity index (χ0v) is 17.8. The number of hydrogen-bond donors (Lipinski definition) is 0. The van der Waals surface area contributed by atoms with Crippen LogP contribution in [0.2, 0.25) is 0 Å². The zero-order chi connectivity index (χ0) is 21.8. The Morgan fingerprint density at radius 2 is 1.71 bits per heavy atom. The molecule has 0 aliphatic carbocycles. The molecule has 7 heteroatoms. The van der Waals surface area contributed by atoms with E-state index >= 15 is 0 Å². The van der Waals surface area contributed by atoms with Gasteiger partial charge in [-0.15, -0.1) is 0 Å². The SMILES string of the molecule is COc1cccc(CC(=O)N2CCN(C(=O)c3ccc(-n4cc(C)cn4)cc3)CC2)c1. The monoisotopic (exact) mass is 418 g/mol. The number of hydrogen-bond acceptors (Lipinski definition) is 4. The van der Waals surface area contributed by atoms with Gasteiger partial charge in [-0.2, -0.15) is 5.10 Å². The number of carbonyl (C=O) groups excluding carboxylic acids is 2. The average molecular weight is 418 g/mol. The van der Waals surface area contributed by atoms with Crippen molar-refractivity contribution >= 4 is 11.8 Å².